The molecule has 0 radical (unpaired) electrons. The van der Waals surface area contributed by atoms with Crippen molar-refractivity contribution in [1.29, 1.82) is 5.26 Å². The van der Waals surface area contributed by atoms with E-state index < -0.39 is 10.8 Å². The summed E-state index contributed by atoms with van der Waals surface area (Å²) in [5.74, 6) is 0.442. The summed E-state index contributed by atoms with van der Waals surface area (Å²) < 4.78 is 11.1. The van der Waals surface area contributed by atoms with Crippen molar-refractivity contribution in [2.75, 3.05) is 18.1 Å². The van der Waals surface area contributed by atoms with Crippen molar-refractivity contribution in [3.63, 3.8) is 0 Å². The van der Waals surface area contributed by atoms with Crippen LogP contribution in [0.4, 0.5) is 5.82 Å². The molecule has 0 aliphatic heterocycles. The van der Waals surface area contributed by atoms with Crippen molar-refractivity contribution < 1.29 is 4.21 Å². The van der Waals surface area contributed by atoms with E-state index in [-0.39, 0.29) is 5.25 Å². The van der Waals surface area contributed by atoms with Crippen molar-refractivity contribution in [2.45, 2.75) is 12.2 Å². The smallest absolute Gasteiger partial charge is 0.166 e. The van der Waals surface area contributed by atoms with Crippen LogP contribution in [-0.2, 0) is 10.8 Å². The van der Waals surface area contributed by atoms with Crippen molar-refractivity contribution in [2.24, 2.45) is 0 Å². The van der Waals surface area contributed by atoms with Gasteiger partial charge in [0.25, 0.3) is 0 Å². The number of nitriles is 1. The average molecular weight is 224 g/mol. The van der Waals surface area contributed by atoms with Crippen LogP contribution >= 0.6 is 0 Å². The fourth-order valence-electron chi connectivity index (χ4n) is 0.910. The molecule has 0 bridgehead atoms. The van der Waals surface area contributed by atoms with Gasteiger partial charge in [0.1, 0.15) is 6.07 Å². The Labute approximate surface area is 91.0 Å². The summed E-state index contributed by atoms with van der Waals surface area (Å²) in [4.78, 5) is 0. The third-order valence-electron chi connectivity index (χ3n) is 1.96. The van der Waals surface area contributed by atoms with Crippen LogP contribution in [0, 0.1) is 11.3 Å². The molecule has 5 nitrogen and oxygen atoms in total. The number of nitrogens with one attached hydrogen (secondary N) is 1. The van der Waals surface area contributed by atoms with Gasteiger partial charge in [-0.1, -0.05) is 0 Å². The van der Waals surface area contributed by atoms with Gasteiger partial charge in [0.05, 0.1) is 11.8 Å². The maximum Gasteiger partial charge on any atom is 0.166 e. The third kappa shape index (κ3) is 3.29. The molecular formula is C9H12N4OS. The van der Waals surface area contributed by atoms with Crippen molar-refractivity contribution in [1.82, 2.24) is 10.2 Å². The molecule has 2 atom stereocenters. The molecule has 6 heteroatoms. The molecule has 1 rings (SSSR count). The summed E-state index contributed by atoms with van der Waals surface area (Å²) in [6, 6.07) is 3.59. The number of aromatic nitrogens is 2. The highest BCUT2D eigenvalue weighted by Crippen LogP contribution is 2.08. The lowest BCUT2D eigenvalue weighted by Gasteiger charge is -2.10. The van der Waals surface area contributed by atoms with Gasteiger partial charge in [-0.2, -0.15) is 10.4 Å². The first-order valence-electron chi connectivity index (χ1n) is 4.43. The van der Waals surface area contributed by atoms with E-state index in [0.717, 1.165) is 0 Å². The van der Waals surface area contributed by atoms with Crippen LogP contribution in [0.5, 0.6) is 0 Å². The molecule has 2 unspecified atom stereocenters. The van der Waals surface area contributed by atoms with E-state index in [1.807, 2.05) is 13.0 Å². The lowest BCUT2D eigenvalue weighted by molar-refractivity contribution is 0.678. The van der Waals surface area contributed by atoms with Crippen LogP contribution in [0.3, 0.4) is 0 Å². The highest BCUT2D eigenvalue weighted by Gasteiger charge is 2.08. The standard InChI is InChI=1S/C9H12N4OS/c1-7(15(2)14)6-11-9-8(5-10)3-4-12-13-9/h3-4,7H,6H2,1-2H3,(H,11,13). The van der Waals surface area contributed by atoms with Gasteiger partial charge in [-0.05, 0) is 13.0 Å². The Morgan fingerprint density at radius 1 is 1.73 bits per heavy atom. The quantitative estimate of drug-likeness (QED) is 0.807. The minimum absolute atomic E-state index is 0.0125. The van der Waals surface area contributed by atoms with Crippen LogP contribution in [0.25, 0.3) is 0 Å². The van der Waals surface area contributed by atoms with Gasteiger partial charge in [0.15, 0.2) is 5.82 Å². The summed E-state index contributed by atoms with van der Waals surface area (Å²) in [7, 11) is -0.886. The Kier molecular flexibility index (Phi) is 4.18. The van der Waals surface area contributed by atoms with E-state index in [9.17, 15) is 4.21 Å². The molecule has 0 aliphatic rings. The van der Waals surface area contributed by atoms with Crippen molar-refractivity contribution in [3.8, 4) is 6.07 Å². The predicted octanol–water partition coefficient (Wildman–Crippen LogP) is 0.527. The maximum absolute atomic E-state index is 11.1. The van der Waals surface area contributed by atoms with Gasteiger partial charge in [-0.3, -0.25) is 4.21 Å². The van der Waals surface area contributed by atoms with E-state index in [1.54, 1.807) is 12.3 Å². The number of nitrogens with zero attached hydrogens (tertiary/aromatic N) is 3. The summed E-state index contributed by atoms with van der Waals surface area (Å²) in [5, 5.41) is 19.2. The second kappa shape index (κ2) is 5.41. The molecule has 80 valence electrons. The Balaban J connectivity index is 2.66. The van der Waals surface area contributed by atoms with E-state index in [2.05, 4.69) is 15.5 Å². The Bertz CT molecular complexity index is 401. The molecule has 1 aromatic heterocycles. The molecule has 1 aromatic rings. The SMILES string of the molecule is CC(CNc1nnccc1C#N)S(C)=O. The zero-order chi connectivity index (χ0) is 11.3. The molecule has 15 heavy (non-hydrogen) atoms. The fourth-order valence-corrected chi connectivity index (χ4v) is 1.23. The zero-order valence-electron chi connectivity index (χ0n) is 8.60. The number of hydrogen-bond donors (Lipinski definition) is 1. The monoisotopic (exact) mass is 224 g/mol. The molecule has 0 aliphatic carbocycles. The van der Waals surface area contributed by atoms with E-state index in [4.69, 9.17) is 5.26 Å². The van der Waals surface area contributed by atoms with Gasteiger partial charge in [0.2, 0.25) is 0 Å². The van der Waals surface area contributed by atoms with Crippen LogP contribution in [0.1, 0.15) is 12.5 Å². The maximum atomic E-state index is 11.1. The van der Waals surface area contributed by atoms with Crippen LogP contribution in [0.2, 0.25) is 0 Å². The number of hydrogen-bond acceptors (Lipinski definition) is 5. The lowest BCUT2D eigenvalue weighted by Crippen LogP contribution is -2.21. The topological polar surface area (TPSA) is 78.7 Å². The van der Waals surface area contributed by atoms with Crippen LogP contribution in [-0.4, -0.2) is 32.5 Å². The zero-order valence-corrected chi connectivity index (χ0v) is 9.41. The summed E-state index contributed by atoms with van der Waals surface area (Å²) in [6.07, 6.45) is 3.11. The Morgan fingerprint density at radius 3 is 3.07 bits per heavy atom. The normalized spacial score (nSPS) is 13.9. The molecule has 0 spiro atoms. The number of rotatable bonds is 4. The molecule has 0 fully saturated rings. The third-order valence-corrected chi connectivity index (χ3v) is 3.26. The molecule has 0 aromatic carbocycles. The predicted molar refractivity (Wildman–Crippen MR) is 58.8 cm³/mol. The van der Waals surface area contributed by atoms with Gasteiger partial charge < -0.3 is 5.32 Å². The summed E-state index contributed by atoms with van der Waals surface area (Å²) in [5.41, 5.74) is 0.444. The minimum atomic E-state index is -0.886. The molecule has 1 N–H and O–H groups in total. The molecule has 0 saturated carbocycles. The fraction of sp³-hybridized carbons (Fsp3) is 0.444. The van der Waals surface area contributed by atoms with Crippen molar-refractivity contribution in [3.05, 3.63) is 17.8 Å². The van der Waals surface area contributed by atoms with Gasteiger partial charge >= 0.3 is 0 Å². The molecule has 1 heterocycles. The van der Waals surface area contributed by atoms with E-state index in [1.165, 1.54) is 6.20 Å². The number of anilines is 1. The van der Waals surface area contributed by atoms with Crippen LogP contribution < -0.4 is 5.32 Å². The van der Waals surface area contributed by atoms with Gasteiger partial charge in [-0.25, -0.2) is 0 Å². The molecule has 0 amide bonds. The van der Waals surface area contributed by atoms with Gasteiger partial charge in [-0.15, -0.1) is 5.10 Å². The van der Waals surface area contributed by atoms with Crippen LogP contribution in [0.15, 0.2) is 12.3 Å². The largest absolute Gasteiger partial charge is 0.366 e. The first-order chi connectivity index (χ1) is 7.15. The highest BCUT2D eigenvalue weighted by molar-refractivity contribution is 7.84. The molecular weight excluding hydrogens is 212 g/mol. The first-order valence-corrected chi connectivity index (χ1v) is 6.05. The Morgan fingerprint density at radius 2 is 2.47 bits per heavy atom. The van der Waals surface area contributed by atoms with E-state index in [0.29, 0.717) is 17.9 Å². The first kappa shape index (κ1) is 11.6. The highest BCUT2D eigenvalue weighted by atomic mass is 32.2. The summed E-state index contributed by atoms with van der Waals surface area (Å²) in [6.45, 7) is 2.38. The second-order valence-electron chi connectivity index (χ2n) is 3.10. The van der Waals surface area contributed by atoms with Crippen molar-refractivity contribution >= 4 is 16.6 Å². The average Bonchev–Trinajstić information content (AvgIpc) is 2.26. The summed E-state index contributed by atoms with van der Waals surface area (Å²) >= 11 is 0. The van der Waals surface area contributed by atoms with Gasteiger partial charge in [0, 0.05) is 28.9 Å². The molecule has 0 saturated heterocycles. The van der Waals surface area contributed by atoms with E-state index >= 15 is 0 Å². The lowest BCUT2D eigenvalue weighted by atomic mass is 10.3. The second-order valence-corrected chi connectivity index (χ2v) is 4.90. The minimum Gasteiger partial charge on any atom is -0.366 e. The Hall–Kier alpha value is -1.48.